The summed E-state index contributed by atoms with van der Waals surface area (Å²) >= 11 is 5.80. The van der Waals surface area contributed by atoms with E-state index < -0.39 is 11.7 Å². The van der Waals surface area contributed by atoms with Crippen molar-refractivity contribution in [3.63, 3.8) is 0 Å². The van der Waals surface area contributed by atoms with Crippen LogP contribution >= 0.6 is 11.6 Å². The predicted octanol–water partition coefficient (Wildman–Crippen LogP) is 3.86. The summed E-state index contributed by atoms with van der Waals surface area (Å²) in [5.41, 5.74) is 0.723. The summed E-state index contributed by atoms with van der Waals surface area (Å²) < 4.78 is 37.5. The van der Waals surface area contributed by atoms with Crippen LogP contribution in [0.25, 0.3) is 0 Å². The highest BCUT2D eigenvalue weighted by Crippen LogP contribution is 2.32. The SMILES string of the molecule is OCc1cccc(CNc2ncc(C(F)(F)F)cc2Cl)c1. The van der Waals surface area contributed by atoms with Gasteiger partial charge in [-0.1, -0.05) is 35.9 Å². The highest BCUT2D eigenvalue weighted by atomic mass is 35.5. The number of pyridine rings is 1. The first-order valence-electron chi connectivity index (χ1n) is 6.05. The molecule has 21 heavy (non-hydrogen) atoms. The maximum Gasteiger partial charge on any atom is 0.417 e. The third kappa shape index (κ3) is 4.09. The van der Waals surface area contributed by atoms with Crippen LogP contribution in [0.15, 0.2) is 36.5 Å². The van der Waals surface area contributed by atoms with Crippen LogP contribution in [0, 0.1) is 0 Å². The monoisotopic (exact) mass is 316 g/mol. The first kappa shape index (κ1) is 15.6. The van der Waals surface area contributed by atoms with Crippen LogP contribution in [0.2, 0.25) is 5.02 Å². The zero-order chi connectivity index (χ0) is 15.5. The van der Waals surface area contributed by atoms with Gasteiger partial charge in [-0.15, -0.1) is 0 Å². The Balaban J connectivity index is 2.10. The molecule has 1 aromatic carbocycles. The van der Waals surface area contributed by atoms with Crippen LogP contribution in [0.3, 0.4) is 0 Å². The molecule has 0 spiro atoms. The summed E-state index contributed by atoms with van der Waals surface area (Å²) in [7, 11) is 0. The topological polar surface area (TPSA) is 45.1 Å². The summed E-state index contributed by atoms with van der Waals surface area (Å²) in [6.45, 7) is 0.263. The van der Waals surface area contributed by atoms with E-state index in [1.54, 1.807) is 18.2 Å². The number of hydrogen-bond acceptors (Lipinski definition) is 3. The maximum absolute atomic E-state index is 12.5. The number of hydrogen-bond donors (Lipinski definition) is 2. The Morgan fingerprint density at radius 1 is 1.19 bits per heavy atom. The molecule has 0 bridgehead atoms. The van der Waals surface area contributed by atoms with Crippen molar-refractivity contribution in [1.82, 2.24) is 4.98 Å². The molecule has 0 saturated carbocycles. The van der Waals surface area contributed by atoms with Gasteiger partial charge in [0.05, 0.1) is 17.2 Å². The molecule has 0 aliphatic carbocycles. The lowest BCUT2D eigenvalue weighted by atomic mass is 10.1. The fraction of sp³-hybridized carbons (Fsp3) is 0.214. The fourth-order valence-corrected chi connectivity index (χ4v) is 1.98. The van der Waals surface area contributed by atoms with Crippen molar-refractivity contribution in [2.75, 3.05) is 5.32 Å². The Hall–Kier alpha value is -1.79. The standard InChI is InChI=1S/C14H12ClF3N2O/c15-12-5-11(14(16,17)18)7-20-13(12)19-6-9-2-1-3-10(4-9)8-21/h1-5,7,21H,6,8H2,(H,19,20). The molecule has 1 aromatic heterocycles. The number of rotatable bonds is 4. The minimum absolute atomic E-state index is 0.0763. The van der Waals surface area contributed by atoms with E-state index in [1.807, 2.05) is 6.07 Å². The summed E-state index contributed by atoms with van der Waals surface area (Å²) in [5, 5.41) is 11.8. The van der Waals surface area contributed by atoms with Crippen LogP contribution in [-0.4, -0.2) is 10.1 Å². The maximum atomic E-state index is 12.5. The molecular formula is C14H12ClF3N2O. The number of aliphatic hydroxyl groups excluding tert-OH is 1. The van der Waals surface area contributed by atoms with E-state index in [2.05, 4.69) is 10.3 Å². The number of alkyl halides is 3. The number of nitrogens with zero attached hydrogens (tertiary/aromatic N) is 1. The van der Waals surface area contributed by atoms with Crippen molar-refractivity contribution >= 4 is 17.4 Å². The quantitative estimate of drug-likeness (QED) is 0.900. The number of halogens is 4. The number of nitrogens with one attached hydrogen (secondary N) is 1. The lowest BCUT2D eigenvalue weighted by Gasteiger charge is -2.11. The second kappa shape index (κ2) is 6.32. The Labute approximate surface area is 124 Å². The van der Waals surface area contributed by atoms with Gasteiger partial charge in [0.25, 0.3) is 0 Å². The first-order valence-corrected chi connectivity index (χ1v) is 6.43. The van der Waals surface area contributed by atoms with Crippen LogP contribution < -0.4 is 5.32 Å². The number of benzene rings is 1. The molecule has 0 saturated heterocycles. The molecule has 2 aromatic rings. The van der Waals surface area contributed by atoms with Gasteiger partial charge in [0, 0.05) is 12.7 Å². The highest BCUT2D eigenvalue weighted by Gasteiger charge is 2.31. The second-order valence-electron chi connectivity index (χ2n) is 4.38. The summed E-state index contributed by atoms with van der Waals surface area (Å²) in [4.78, 5) is 3.69. The van der Waals surface area contributed by atoms with E-state index in [1.165, 1.54) is 0 Å². The molecule has 0 aliphatic rings. The molecule has 0 unspecified atom stereocenters. The molecule has 0 amide bonds. The molecule has 0 atom stereocenters. The van der Waals surface area contributed by atoms with Gasteiger partial charge in [-0.2, -0.15) is 13.2 Å². The Kier molecular flexibility index (Phi) is 4.69. The van der Waals surface area contributed by atoms with Crippen molar-refractivity contribution in [3.8, 4) is 0 Å². The molecule has 2 rings (SSSR count). The molecule has 7 heteroatoms. The molecule has 0 aliphatic heterocycles. The lowest BCUT2D eigenvalue weighted by Crippen LogP contribution is -2.08. The zero-order valence-electron chi connectivity index (χ0n) is 10.8. The largest absolute Gasteiger partial charge is 0.417 e. The highest BCUT2D eigenvalue weighted by molar-refractivity contribution is 6.32. The van der Waals surface area contributed by atoms with Crippen molar-refractivity contribution < 1.29 is 18.3 Å². The number of aromatic nitrogens is 1. The van der Waals surface area contributed by atoms with Crippen LogP contribution in [0.4, 0.5) is 19.0 Å². The minimum Gasteiger partial charge on any atom is -0.392 e. The van der Waals surface area contributed by atoms with Crippen molar-refractivity contribution in [3.05, 3.63) is 58.2 Å². The van der Waals surface area contributed by atoms with Gasteiger partial charge in [0.1, 0.15) is 5.82 Å². The summed E-state index contributed by atoms with van der Waals surface area (Å²) in [6, 6.07) is 7.99. The molecule has 2 N–H and O–H groups in total. The van der Waals surface area contributed by atoms with Gasteiger partial charge < -0.3 is 10.4 Å². The second-order valence-corrected chi connectivity index (χ2v) is 4.79. The summed E-state index contributed by atoms with van der Waals surface area (Å²) in [6.07, 6.45) is -3.73. The molecule has 112 valence electrons. The predicted molar refractivity (Wildman–Crippen MR) is 73.9 cm³/mol. The van der Waals surface area contributed by atoms with Gasteiger partial charge in [-0.3, -0.25) is 0 Å². The average Bonchev–Trinajstić information content (AvgIpc) is 2.45. The van der Waals surface area contributed by atoms with Crippen molar-refractivity contribution in [2.45, 2.75) is 19.3 Å². The van der Waals surface area contributed by atoms with Gasteiger partial charge in [-0.25, -0.2) is 4.98 Å². The fourth-order valence-electron chi connectivity index (χ4n) is 1.75. The van der Waals surface area contributed by atoms with Crippen LogP contribution in [0.5, 0.6) is 0 Å². The van der Waals surface area contributed by atoms with Crippen molar-refractivity contribution in [1.29, 1.82) is 0 Å². The smallest absolute Gasteiger partial charge is 0.392 e. The Bertz CT molecular complexity index is 632. The van der Waals surface area contributed by atoms with E-state index in [4.69, 9.17) is 16.7 Å². The Morgan fingerprint density at radius 2 is 1.90 bits per heavy atom. The van der Waals surface area contributed by atoms with E-state index in [0.29, 0.717) is 6.54 Å². The number of aliphatic hydroxyl groups is 1. The molecule has 3 nitrogen and oxygen atoms in total. The molecular weight excluding hydrogens is 305 g/mol. The van der Waals surface area contributed by atoms with E-state index in [0.717, 1.165) is 23.4 Å². The zero-order valence-corrected chi connectivity index (χ0v) is 11.5. The lowest BCUT2D eigenvalue weighted by molar-refractivity contribution is -0.137. The van der Waals surface area contributed by atoms with Gasteiger partial charge in [0.15, 0.2) is 0 Å². The van der Waals surface area contributed by atoms with Crippen LogP contribution in [-0.2, 0) is 19.3 Å². The Morgan fingerprint density at radius 3 is 2.52 bits per heavy atom. The van der Waals surface area contributed by atoms with Gasteiger partial charge >= 0.3 is 6.18 Å². The van der Waals surface area contributed by atoms with E-state index >= 15 is 0 Å². The van der Waals surface area contributed by atoms with E-state index in [-0.39, 0.29) is 17.4 Å². The van der Waals surface area contributed by atoms with Gasteiger partial charge in [0.2, 0.25) is 0 Å². The van der Waals surface area contributed by atoms with Gasteiger partial charge in [-0.05, 0) is 17.2 Å². The third-order valence-electron chi connectivity index (χ3n) is 2.80. The first-order chi connectivity index (χ1) is 9.90. The van der Waals surface area contributed by atoms with Crippen LogP contribution in [0.1, 0.15) is 16.7 Å². The normalized spacial score (nSPS) is 11.5. The summed E-state index contributed by atoms with van der Waals surface area (Å²) in [5.74, 6) is 0.180. The van der Waals surface area contributed by atoms with Crippen molar-refractivity contribution in [2.24, 2.45) is 0 Å². The molecule has 1 heterocycles. The number of anilines is 1. The van der Waals surface area contributed by atoms with E-state index in [9.17, 15) is 13.2 Å². The molecule has 0 fully saturated rings. The molecule has 0 radical (unpaired) electrons. The minimum atomic E-state index is -4.47. The average molecular weight is 317 g/mol. The third-order valence-corrected chi connectivity index (χ3v) is 3.09.